The molecule has 0 aromatic heterocycles. The minimum Gasteiger partial charge on any atom is -0.494 e. The molecule has 0 spiro atoms. The van der Waals surface area contributed by atoms with Gasteiger partial charge in [0.15, 0.2) is 11.6 Å². The highest BCUT2D eigenvalue weighted by molar-refractivity contribution is 5.40. The summed E-state index contributed by atoms with van der Waals surface area (Å²) < 4.78 is 37.8. The molecular weight excluding hydrogens is 276 g/mol. The van der Waals surface area contributed by atoms with Crippen molar-refractivity contribution in [2.45, 2.75) is 18.6 Å². The fraction of sp³-hybridized carbons (Fsp3) is 0.250. The predicted octanol–water partition coefficient (Wildman–Crippen LogP) is 3.50. The van der Waals surface area contributed by atoms with Crippen LogP contribution in [0, 0.1) is 11.6 Å². The van der Waals surface area contributed by atoms with Gasteiger partial charge >= 0.3 is 0 Å². The third kappa shape index (κ3) is 2.56. The molecule has 0 radical (unpaired) electrons. The van der Waals surface area contributed by atoms with Crippen LogP contribution in [0.15, 0.2) is 36.4 Å². The molecule has 1 heterocycles. The smallest absolute Gasteiger partial charge is 0.165 e. The molecule has 2 aromatic carbocycles. The molecule has 0 aliphatic carbocycles. The van der Waals surface area contributed by atoms with Crippen LogP contribution in [0.3, 0.4) is 0 Å². The van der Waals surface area contributed by atoms with Gasteiger partial charge in [-0.2, -0.15) is 0 Å². The van der Waals surface area contributed by atoms with Crippen LogP contribution in [-0.4, -0.2) is 7.11 Å². The van der Waals surface area contributed by atoms with Crippen LogP contribution in [0.5, 0.6) is 11.5 Å². The Morgan fingerprint density at radius 1 is 1.19 bits per heavy atom. The third-order valence-electron chi connectivity index (χ3n) is 3.66. The lowest BCUT2D eigenvalue weighted by Gasteiger charge is -2.30. The molecule has 21 heavy (non-hydrogen) atoms. The lowest BCUT2D eigenvalue weighted by atomic mass is 9.93. The molecule has 0 bridgehead atoms. The van der Waals surface area contributed by atoms with Crippen LogP contribution >= 0.6 is 0 Å². The van der Waals surface area contributed by atoms with E-state index < -0.39 is 5.82 Å². The molecule has 0 saturated heterocycles. The van der Waals surface area contributed by atoms with Crippen molar-refractivity contribution < 1.29 is 18.3 Å². The van der Waals surface area contributed by atoms with Gasteiger partial charge < -0.3 is 15.2 Å². The van der Waals surface area contributed by atoms with Gasteiger partial charge in [-0.15, -0.1) is 0 Å². The van der Waals surface area contributed by atoms with E-state index in [2.05, 4.69) is 0 Å². The zero-order chi connectivity index (χ0) is 15.0. The van der Waals surface area contributed by atoms with E-state index in [0.29, 0.717) is 23.3 Å². The minimum absolute atomic E-state index is 0.182. The molecule has 3 nitrogen and oxygen atoms in total. The van der Waals surface area contributed by atoms with Gasteiger partial charge in [-0.25, -0.2) is 8.78 Å². The monoisotopic (exact) mass is 291 g/mol. The Morgan fingerprint density at radius 2 is 2.00 bits per heavy atom. The van der Waals surface area contributed by atoms with Crippen LogP contribution in [0.1, 0.15) is 29.7 Å². The summed E-state index contributed by atoms with van der Waals surface area (Å²) in [6.45, 7) is 0. The quantitative estimate of drug-likeness (QED) is 0.921. The standard InChI is InChI=1S/C16H15F2NO2/c1-20-15-4-2-9(6-12(15)18)16-8-13(19)11-7-10(17)3-5-14(11)21-16/h2-7,13,16H,8,19H2,1H3. The van der Waals surface area contributed by atoms with Gasteiger partial charge in [0.2, 0.25) is 0 Å². The first-order chi connectivity index (χ1) is 10.1. The number of nitrogens with two attached hydrogens (primary N) is 1. The van der Waals surface area contributed by atoms with E-state index >= 15 is 0 Å². The summed E-state index contributed by atoms with van der Waals surface area (Å²) >= 11 is 0. The van der Waals surface area contributed by atoms with E-state index in [1.807, 2.05) is 0 Å². The first-order valence-corrected chi connectivity index (χ1v) is 6.63. The lowest BCUT2D eigenvalue weighted by molar-refractivity contribution is 0.160. The molecule has 1 aliphatic heterocycles. The van der Waals surface area contributed by atoms with Crippen molar-refractivity contribution in [2.75, 3.05) is 7.11 Å². The Labute approximate surface area is 121 Å². The average molecular weight is 291 g/mol. The zero-order valence-electron chi connectivity index (χ0n) is 11.5. The number of benzene rings is 2. The Kier molecular flexibility index (Phi) is 3.51. The van der Waals surface area contributed by atoms with Gasteiger partial charge in [0, 0.05) is 18.0 Å². The summed E-state index contributed by atoms with van der Waals surface area (Å²) in [6, 6.07) is 8.59. The van der Waals surface area contributed by atoms with Gasteiger partial charge in [0.25, 0.3) is 0 Å². The topological polar surface area (TPSA) is 44.5 Å². The molecule has 0 fully saturated rings. The molecule has 0 amide bonds. The van der Waals surface area contributed by atoms with E-state index in [4.69, 9.17) is 15.2 Å². The highest BCUT2D eigenvalue weighted by Gasteiger charge is 2.28. The molecule has 2 aromatic rings. The first-order valence-electron chi connectivity index (χ1n) is 6.63. The van der Waals surface area contributed by atoms with E-state index in [0.717, 1.165) is 0 Å². The summed E-state index contributed by atoms with van der Waals surface area (Å²) in [5.74, 6) is -0.0727. The lowest BCUT2D eigenvalue weighted by Crippen LogP contribution is -2.24. The number of hydrogen-bond donors (Lipinski definition) is 1. The maximum Gasteiger partial charge on any atom is 0.165 e. The van der Waals surface area contributed by atoms with Gasteiger partial charge in [-0.05, 0) is 35.9 Å². The number of fused-ring (bicyclic) bond motifs is 1. The normalized spacial score (nSPS) is 20.6. The Bertz CT molecular complexity index is 675. The summed E-state index contributed by atoms with van der Waals surface area (Å²) in [4.78, 5) is 0. The molecule has 3 rings (SSSR count). The second-order valence-corrected chi connectivity index (χ2v) is 5.02. The van der Waals surface area contributed by atoms with Crippen LogP contribution in [-0.2, 0) is 0 Å². The minimum atomic E-state index is -0.447. The molecule has 2 N–H and O–H groups in total. The molecule has 5 heteroatoms. The molecular formula is C16H15F2NO2. The van der Waals surface area contributed by atoms with Crippen LogP contribution in [0.25, 0.3) is 0 Å². The number of methoxy groups -OCH3 is 1. The van der Waals surface area contributed by atoms with E-state index in [9.17, 15) is 8.78 Å². The molecule has 2 unspecified atom stereocenters. The summed E-state index contributed by atoms with van der Waals surface area (Å²) in [7, 11) is 1.41. The van der Waals surface area contributed by atoms with Crippen molar-refractivity contribution in [3.63, 3.8) is 0 Å². The predicted molar refractivity (Wildman–Crippen MR) is 74.3 cm³/mol. The highest BCUT2D eigenvalue weighted by atomic mass is 19.1. The van der Waals surface area contributed by atoms with Crippen LogP contribution in [0.4, 0.5) is 8.78 Å². The molecule has 2 atom stereocenters. The molecule has 0 saturated carbocycles. The number of ether oxygens (including phenoxy) is 2. The first kappa shape index (κ1) is 13.8. The molecule has 1 aliphatic rings. The van der Waals surface area contributed by atoms with Gasteiger partial charge in [-0.1, -0.05) is 6.07 Å². The summed E-state index contributed by atoms with van der Waals surface area (Å²) in [6.07, 6.45) is 0.0979. The van der Waals surface area contributed by atoms with Crippen molar-refractivity contribution in [2.24, 2.45) is 5.73 Å². The largest absolute Gasteiger partial charge is 0.494 e. The van der Waals surface area contributed by atoms with Crippen molar-refractivity contribution in [3.8, 4) is 11.5 Å². The van der Waals surface area contributed by atoms with Gasteiger partial charge in [-0.3, -0.25) is 0 Å². The Morgan fingerprint density at radius 3 is 2.71 bits per heavy atom. The van der Waals surface area contributed by atoms with E-state index in [1.54, 1.807) is 18.2 Å². The van der Waals surface area contributed by atoms with Crippen molar-refractivity contribution in [1.29, 1.82) is 0 Å². The second-order valence-electron chi connectivity index (χ2n) is 5.02. The van der Waals surface area contributed by atoms with E-state index in [1.165, 1.54) is 25.3 Å². The fourth-order valence-electron chi connectivity index (χ4n) is 2.56. The van der Waals surface area contributed by atoms with Crippen LogP contribution < -0.4 is 15.2 Å². The third-order valence-corrected chi connectivity index (χ3v) is 3.66. The summed E-state index contributed by atoms with van der Waals surface area (Å²) in [5.41, 5.74) is 7.39. The van der Waals surface area contributed by atoms with Crippen LogP contribution in [0.2, 0.25) is 0 Å². The van der Waals surface area contributed by atoms with Gasteiger partial charge in [0.05, 0.1) is 7.11 Å². The fourth-order valence-corrected chi connectivity index (χ4v) is 2.56. The van der Waals surface area contributed by atoms with Crippen molar-refractivity contribution >= 4 is 0 Å². The molecule has 110 valence electrons. The number of halogens is 2. The van der Waals surface area contributed by atoms with Crippen molar-refractivity contribution in [1.82, 2.24) is 0 Å². The maximum absolute atomic E-state index is 13.8. The zero-order valence-corrected chi connectivity index (χ0v) is 11.5. The Hall–Kier alpha value is -2.14. The number of rotatable bonds is 2. The maximum atomic E-state index is 13.8. The van der Waals surface area contributed by atoms with E-state index in [-0.39, 0.29) is 23.7 Å². The summed E-state index contributed by atoms with van der Waals surface area (Å²) in [5, 5.41) is 0. The van der Waals surface area contributed by atoms with Crippen molar-refractivity contribution in [3.05, 3.63) is 59.2 Å². The van der Waals surface area contributed by atoms with Gasteiger partial charge in [0.1, 0.15) is 17.7 Å². The Balaban J connectivity index is 1.92. The SMILES string of the molecule is COc1ccc(C2CC(N)c3cc(F)ccc3O2)cc1F. The highest BCUT2D eigenvalue weighted by Crippen LogP contribution is 2.40. The second kappa shape index (κ2) is 5.33. The average Bonchev–Trinajstić information content (AvgIpc) is 2.47. The number of hydrogen-bond acceptors (Lipinski definition) is 3.